The summed E-state index contributed by atoms with van der Waals surface area (Å²) in [7, 11) is 0. The highest BCUT2D eigenvalue weighted by Gasteiger charge is 2.06. The van der Waals surface area contributed by atoms with Crippen molar-refractivity contribution in [3.63, 3.8) is 0 Å². The zero-order valence-electron chi connectivity index (χ0n) is 10.7. The second-order valence-electron chi connectivity index (χ2n) is 4.65. The smallest absolute Gasteiger partial charge is 0.0657 e. The van der Waals surface area contributed by atoms with Crippen molar-refractivity contribution in [3.8, 4) is 5.69 Å². The molecular formula is C14H18BrN3. The van der Waals surface area contributed by atoms with Crippen molar-refractivity contribution in [1.29, 1.82) is 0 Å². The van der Waals surface area contributed by atoms with Gasteiger partial charge in [-0.05, 0) is 42.6 Å². The third-order valence-electron chi connectivity index (χ3n) is 2.92. The van der Waals surface area contributed by atoms with Crippen LogP contribution in [0.1, 0.15) is 31.0 Å². The molecule has 4 heteroatoms. The lowest BCUT2D eigenvalue weighted by molar-refractivity contribution is 0.768. The van der Waals surface area contributed by atoms with Gasteiger partial charge in [-0.2, -0.15) is 5.10 Å². The molecule has 2 N–H and O–H groups in total. The summed E-state index contributed by atoms with van der Waals surface area (Å²) in [6.45, 7) is 4.96. The summed E-state index contributed by atoms with van der Waals surface area (Å²) in [5.41, 5.74) is 8.98. The van der Waals surface area contributed by atoms with Gasteiger partial charge in [0.15, 0.2) is 0 Å². The normalized spacial score (nSPS) is 11.2. The SMILES string of the molecule is CC(C)c1ccn(-c2ccc(CCN)c(Br)c2)n1. The molecule has 0 spiro atoms. The lowest BCUT2D eigenvalue weighted by Crippen LogP contribution is -2.04. The van der Waals surface area contributed by atoms with E-state index in [1.165, 1.54) is 5.56 Å². The minimum atomic E-state index is 0.450. The van der Waals surface area contributed by atoms with Crippen LogP contribution in [0.5, 0.6) is 0 Å². The molecule has 0 radical (unpaired) electrons. The van der Waals surface area contributed by atoms with Gasteiger partial charge >= 0.3 is 0 Å². The van der Waals surface area contributed by atoms with Gasteiger partial charge in [0.2, 0.25) is 0 Å². The molecule has 96 valence electrons. The average molecular weight is 308 g/mol. The minimum absolute atomic E-state index is 0.450. The fourth-order valence-electron chi connectivity index (χ4n) is 1.83. The largest absolute Gasteiger partial charge is 0.330 e. The number of halogens is 1. The molecule has 0 aliphatic rings. The quantitative estimate of drug-likeness (QED) is 0.942. The van der Waals surface area contributed by atoms with Crippen molar-refractivity contribution < 1.29 is 0 Å². The Bertz CT molecular complexity index is 532. The third-order valence-corrected chi connectivity index (χ3v) is 3.65. The van der Waals surface area contributed by atoms with E-state index in [1.54, 1.807) is 0 Å². The molecule has 3 nitrogen and oxygen atoms in total. The first-order chi connectivity index (χ1) is 8.61. The predicted molar refractivity (Wildman–Crippen MR) is 78.1 cm³/mol. The summed E-state index contributed by atoms with van der Waals surface area (Å²) in [4.78, 5) is 0. The monoisotopic (exact) mass is 307 g/mol. The number of nitrogens with two attached hydrogens (primary N) is 1. The van der Waals surface area contributed by atoms with E-state index in [4.69, 9.17) is 5.73 Å². The second-order valence-corrected chi connectivity index (χ2v) is 5.51. The Morgan fingerprint density at radius 1 is 1.33 bits per heavy atom. The highest BCUT2D eigenvalue weighted by atomic mass is 79.9. The summed E-state index contributed by atoms with van der Waals surface area (Å²) in [6.07, 6.45) is 2.89. The molecule has 1 aromatic heterocycles. The number of aromatic nitrogens is 2. The predicted octanol–water partition coefficient (Wildman–Crippen LogP) is 3.26. The van der Waals surface area contributed by atoms with E-state index < -0.39 is 0 Å². The standard InChI is InChI=1S/C14H18BrN3/c1-10(2)14-6-8-18(17-14)12-4-3-11(5-7-16)13(15)9-12/h3-4,6,8-10H,5,7,16H2,1-2H3. The molecule has 0 aliphatic carbocycles. The van der Waals surface area contributed by atoms with Crippen LogP contribution >= 0.6 is 15.9 Å². The molecule has 1 heterocycles. The molecule has 0 bridgehead atoms. The van der Waals surface area contributed by atoms with Crippen LogP contribution in [0, 0.1) is 0 Å². The average Bonchev–Trinajstić information content (AvgIpc) is 2.81. The first kappa shape index (κ1) is 13.3. The van der Waals surface area contributed by atoms with E-state index in [-0.39, 0.29) is 0 Å². The van der Waals surface area contributed by atoms with Gasteiger partial charge in [0.25, 0.3) is 0 Å². The van der Waals surface area contributed by atoms with Crippen LogP contribution in [0.4, 0.5) is 0 Å². The zero-order chi connectivity index (χ0) is 13.1. The van der Waals surface area contributed by atoms with Crippen LogP contribution in [-0.2, 0) is 6.42 Å². The maximum Gasteiger partial charge on any atom is 0.0657 e. The molecule has 2 rings (SSSR count). The van der Waals surface area contributed by atoms with Crippen molar-refractivity contribution in [3.05, 3.63) is 46.2 Å². The molecule has 1 aromatic carbocycles. The molecule has 0 amide bonds. The highest BCUT2D eigenvalue weighted by molar-refractivity contribution is 9.10. The number of benzene rings is 1. The van der Waals surface area contributed by atoms with Crippen molar-refractivity contribution in [1.82, 2.24) is 9.78 Å². The Labute approximate surface area is 116 Å². The summed E-state index contributed by atoms with van der Waals surface area (Å²) in [5, 5.41) is 4.57. The third kappa shape index (κ3) is 2.82. The molecular weight excluding hydrogens is 290 g/mol. The molecule has 0 saturated carbocycles. The van der Waals surface area contributed by atoms with Gasteiger partial charge in [-0.3, -0.25) is 0 Å². The van der Waals surface area contributed by atoms with Gasteiger partial charge in [-0.25, -0.2) is 4.68 Å². The Morgan fingerprint density at radius 3 is 2.67 bits per heavy atom. The maximum absolute atomic E-state index is 5.58. The lowest BCUT2D eigenvalue weighted by atomic mass is 10.1. The summed E-state index contributed by atoms with van der Waals surface area (Å²) in [5.74, 6) is 0.450. The summed E-state index contributed by atoms with van der Waals surface area (Å²) >= 11 is 3.58. The lowest BCUT2D eigenvalue weighted by Gasteiger charge is -2.07. The van der Waals surface area contributed by atoms with E-state index in [9.17, 15) is 0 Å². The van der Waals surface area contributed by atoms with Crippen LogP contribution in [-0.4, -0.2) is 16.3 Å². The minimum Gasteiger partial charge on any atom is -0.330 e. The molecule has 0 fully saturated rings. The van der Waals surface area contributed by atoms with Crippen molar-refractivity contribution in [2.24, 2.45) is 5.73 Å². The van der Waals surface area contributed by atoms with E-state index >= 15 is 0 Å². The molecule has 0 unspecified atom stereocenters. The van der Waals surface area contributed by atoms with Gasteiger partial charge < -0.3 is 5.73 Å². The summed E-state index contributed by atoms with van der Waals surface area (Å²) in [6, 6.07) is 8.32. The van der Waals surface area contributed by atoms with Gasteiger partial charge in [0, 0.05) is 10.7 Å². The Balaban J connectivity index is 2.30. The van der Waals surface area contributed by atoms with E-state index in [2.05, 4.69) is 59.1 Å². The topological polar surface area (TPSA) is 43.8 Å². The highest BCUT2D eigenvalue weighted by Crippen LogP contribution is 2.22. The van der Waals surface area contributed by atoms with Crippen LogP contribution in [0.3, 0.4) is 0 Å². The van der Waals surface area contributed by atoms with Crippen LogP contribution in [0.2, 0.25) is 0 Å². The number of rotatable bonds is 4. The van der Waals surface area contributed by atoms with Crippen LogP contribution < -0.4 is 5.73 Å². The van der Waals surface area contributed by atoms with Crippen molar-refractivity contribution in [2.45, 2.75) is 26.2 Å². The van der Waals surface area contributed by atoms with E-state index in [0.717, 1.165) is 22.3 Å². The molecule has 18 heavy (non-hydrogen) atoms. The second kappa shape index (κ2) is 5.67. The Hall–Kier alpha value is -1.13. The zero-order valence-corrected chi connectivity index (χ0v) is 12.3. The Morgan fingerprint density at radius 2 is 2.11 bits per heavy atom. The Kier molecular flexibility index (Phi) is 4.19. The number of nitrogens with zero attached hydrogens (tertiary/aromatic N) is 2. The van der Waals surface area contributed by atoms with Gasteiger partial charge in [0.1, 0.15) is 0 Å². The molecule has 0 aliphatic heterocycles. The molecule has 0 saturated heterocycles. The van der Waals surface area contributed by atoms with Crippen LogP contribution in [0.25, 0.3) is 5.69 Å². The fraction of sp³-hybridized carbons (Fsp3) is 0.357. The number of hydrogen-bond donors (Lipinski definition) is 1. The summed E-state index contributed by atoms with van der Waals surface area (Å²) < 4.78 is 3.00. The maximum atomic E-state index is 5.58. The van der Waals surface area contributed by atoms with E-state index in [1.807, 2.05) is 10.9 Å². The molecule has 0 atom stereocenters. The first-order valence-electron chi connectivity index (χ1n) is 6.16. The van der Waals surface area contributed by atoms with Crippen molar-refractivity contribution >= 4 is 15.9 Å². The van der Waals surface area contributed by atoms with Gasteiger partial charge in [-0.1, -0.05) is 35.8 Å². The van der Waals surface area contributed by atoms with Gasteiger partial charge in [0.05, 0.1) is 11.4 Å². The van der Waals surface area contributed by atoms with E-state index in [0.29, 0.717) is 12.5 Å². The number of hydrogen-bond acceptors (Lipinski definition) is 2. The van der Waals surface area contributed by atoms with Crippen molar-refractivity contribution in [2.75, 3.05) is 6.54 Å². The first-order valence-corrected chi connectivity index (χ1v) is 6.95. The van der Waals surface area contributed by atoms with Crippen LogP contribution in [0.15, 0.2) is 34.9 Å². The van der Waals surface area contributed by atoms with Gasteiger partial charge in [-0.15, -0.1) is 0 Å². The fourth-order valence-corrected chi connectivity index (χ4v) is 2.39. The molecule has 2 aromatic rings.